The van der Waals surface area contributed by atoms with Gasteiger partial charge in [0.2, 0.25) is 0 Å². The average Bonchev–Trinajstić information content (AvgIpc) is 2.46. The lowest BCUT2D eigenvalue weighted by Crippen LogP contribution is -1.96. The Hall–Kier alpha value is -1.55. The molecule has 1 aromatic heterocycles. The summed E-state index contributed by atoms with van der Waals surface area (Å²) in [5.41, 5.74) is 1.61. The molecule has 0 unspecified atom stereocenters. The van der Waals surface area contributed by atoms with E-state index in [0.717, 1.165) is 11.1 Å². The van der Waals surface area contributed by atoms with Crippen LogP contribution in [-0.2, 0) is 0 Å². The maximum Gasteiger partial charge on any atom is 0.337 e. The number of halogens is 1. The Morgan fingerprint density at radius 2 is 2.29 bits per heavy atom. The fourth-order valence-electron chi connectivity index (χ4n) is 1.32. The number of nitrogens with one attached hydrogen (secondary N) is 1. The molecule has 0 radical (unpaired) electrons. The number of aromatic amines is 1. The highest BCUT2D eigenvalue weighted by Gasteiger charge is 2.12. The molecular formula is C9H7ClN2O2. The third kappa shape index (κ3) is 1.24. The van der Waals surface area contributed by atoms with Crippen molar-refractivity contribution in [2.75, 3.05) is 0 Å². The largest absolute Gasteiger partial charge is 0.478 e. The highest BCUT2D eigenvalue weighted by molar-refractivity contribution is 6.34. The molecule has 2 N–H and O–H groups in total. The normalized spacial score (nSPS) is 10.7. The number of H-pyrrole nitrogens is 1. The van der Waals surface area contributed by atoms with Crippen molar-refractivity contribution in [3.8, 4) is 0 Å². The minimum Gasteiger partial charge on any atom is -0.478 e. The molecule has 1 aromatic carbocycles. The lowest BCUT2D eigenvalue weighted by Gasteiger charge is -1.98. The number of carboxylic acid groups (broad SMARTS) is 1. The van der Waals surface area contributed by atoms with E-state index < -0.39 is 5.97 Å². The van der Waals surface area contributed by atoms with Gasteiger partial charge in [-0.2, -0.15) is 5.10 Å². The minimum atomic E-state index is -1.03. The van der Waals surface area contributed by atoms with Gasteiger partial charge in [0.1, 0.15) is 0 Å². The van der Waals surface area contributed by atoms with E-state index >= 15 is 0 Å². The first kappa shape index (κ1) is 9.02. The molecule has 0 saturated carbocycles. The van der Waals surface area contributed by atoms with Gasteiger partial charge in [0.25, 0.3) is 0 Å². The highest BCUT2D eigenvalue weighted by Crippen LogP contribution is 2.24. The molecule has 0 saturated heterocycles. The van der Waals surface area contributed by atoms with E-state index in [2.05, 4.69) is 10.2 Å². The predicted octanol–water partition coefficient (Wildman–Crippen LogP) is 2.22. The summed E-state index contributed by atoms with van der Waals surface area (Å²) < 4.78 is 0. The number of carbonyl (C=O) groups is 1. The second-order valence-electron chi connectivity index (χ2n) is 3.00. The number of carboxylic acids is 1. The van der Waals surface area contributed by atoms with Crippen molar-refractivity contribution in [2.24, 2.45) is 0 Å². The third-order valence-corrected chi connectivity index (χ3v) is 2.38. The molecule has 0 spiro atoms. The number of hydrogen-bond acceptors (Lipinski definition) is 2. The molecule has 0 aliphatic heterocycles. The maximum atomic E-state index is 10.8. The van der Waals surface area contributed by atoms with E-state index in [1.807, 2.05) is 6.92 Å². The van der Waals surface area contributed by atoms with Crippen LogP contribution in [0.5, 0.6) is 0 Å². The molecule has 2 aromatic rings. The van der Waals surface area contributed by atoms with E-state index in [4.69, 9.17) is 16.7 Å². The van der Waals surface area contributed by atoms with Gasteiger partial charge in [-0.1, -0.05) is 11.6 Å². The molecule has 0 fully saturated rings. The van der Waals surface area contributed by atoms with Crippen LogP contribution in [0.4, 0.5) is 0 Å². The number of aromatic nitrogens is 2. The first-order valence-corrected chi connectivity index (χ1v) is 4.35. The van der Waals surface area contributed by atoms with Gasteiger partial charge in [-0.05, 0) is 19.1 Å². The Morgan fingerprint density at radius 3 is 2.93 bits per heavy atom. The van der Waals surface area contributed by atoms with Crippen LogP contribution >= 0.6 is 11.6 Å². The first-order chi connectivity index (χ1) is 6.59. The van der Waals surface area contributed by atoms with E-state index in [1.54, 1.807) is 6.07 Å². The summed E-state index contributed by atoms with van der Waals surface area (Å²) in [5, 5.41) is 16.6. The third-order valence-electron chi connectivity index (χ3n) is 2.06. The van der Waals surface area contributed by atoms with Gasteiger partial charge >= 0.3 is 5.97 Å². The quantitative estimate of drug-likeness (QED) is 0.759. The SMILES string of the molecule is Cc1[nH]nc2cc(Cl)c(C(=O)O)cc12. The Labute approximate surface area is 84.5 Å². The number of fused-ring (bicyclic) bond motifs is 1. The van der Waals surface area contributed by atoms with E-state index in [1.165, 1.54) is 6.07 Å². The molecule has 2 rings (SSSR count). The standard InChI is InChI=1S/C9H7ClN2O2/c1-4-5-2-6(9(13)14)7(10)3-8(5)12-11-4/h2-3H,1H3,(H,11,12)(H,13,14). The molecule has 0 atom stereocenters. The Bertz CT molecular complexity index is 519. The van der Waals surface area contributed by atoms with Crippen LogP contribution in [0.15, 0.2) is 12.1 Å². The molecule has 5 heteroatoms. The first-order valence-electron chi connectivity index (χ1n) is 3.97. The molecule has 0 bridgehead atoms. The number of nitrogens with zero attached hydrogens (tertiary/aromatic N) is 1. The van der Waals surface area contributed by atoms with Crippen molar-refractivity contribution >= 4 is 28.5 Å². The molecule has 0 aliphatic carbocycles. The number of rotatable bonds is 1. The summed E-state index contributed by atoms with van der Waals surface area (Å²) in [6.45, 7) is 1.83. The highest BCUT2D eigenvalue weighted by atomic mass is 35.5. The summed E-state index contributed by atoms with van der Waals surface area (Å²) in [6.07, 6.45) is 0. The Kier molecular flexibility index (Phi) is 1.93. The molecule has 1 heterocycles. The van der Waals surface area contributed by atoms with E-state index in [9.17, 15) is 4.79 Å². The van der Waals surface area contributed by atoms with Gasteiger partial charge in [-0.25, -0.2) is 4.79 Å². The van der Waals surface area contributed by atoms with Crippen LogP contribution in [0.1, 0.15) is 16.1 Å². The Balaban J connectivity index is 2.80. The van der Waals surface area contributed by atoms with Crippen LogP contribution in [0, 0.1) is 6.92 Å². The molecule has 0 amide bonds. The van der Waals surface area contributed by atoms with Crippen molar-refractivity contribution in [3.05, 3.63) is 28.4 Å². The zero-order chi connectivity index (χ0) is 10.3. The van der Waals surface area contributed by atoms with Crippen LogP contribution in [0.25, 0.3) is 10.9 Å². The van der Waals surface area contributed by atoms with Gasteiger partial charge in [0.05, 0.1) is 16.1 Å². The smallest absolute Gasteiger partial charge is 0.337 e. The van der Waals surface area contributed by atoms with Crippen molar-refractivity contribution in [2.45, 2.75) is 6.92 Å². The molecule has 14 heavy (non-hydrogen) atoms. The van der Waals surface area contributed by atoms with E-state index in [-0.39, 0.29) is 10.6 Å². The van der Waals surface area contributed by atoms with Gasteiger partial charge in [-0.15, -0.1) is 0 Å². The maximum absolute atomic E-state index is 10.8. The van der Waals surface area contributed by atoms with Gasteiger partial charge in [0.15, 0.2) is 0 Å². The molecular weight excluding hydrogens is 204 g/mol. The zero-order valence-electron chi connectivity index (χ0n) is 7.34. The summed E-state index contributed by atoms with van der Waals surface area (Å²) in [4.78, 5) is 10.8. The number of aryl methyl sites for hydroxylation is 1. The van der Waals surface area contributed by atoms with E-state index in [0.29, 0.717) is 5.52 Å². The molecule has 0 aliphatic rings. The topological polar surface area (TPSA) is 66.0 Å². The predicted molar refractivity (Wildman–Crippen MR) is 52.8 cm³/mol. The van der Waals surface area contributed by atoms with Crippen LogP contribution < -0.4 is 0 Å². The second kappa shape index (κ2) is 2.99. The van der Waals surface area contributed by atoms with Crippen LogP contribution in [-0.4, -0.2) is 21.3 Å². The number of aromatic carboxylic acids is 1. The lowest BCUT2D eigenvalue weighted by molar-refractivity contribution is 0.0697. The number of hydrogen-bond donors (Lipinski definition) is 2. The fourth-order valence-corrected chi connectivity index (χ4v) is 1.56. The summed E-state index contributed by atoms with van der Waals surface area (Å²) in [7, 11) is 0. The van der Waals surface area contributed by atoms with Crippen LogP contribution in [0.3, 0.4) is 0 Å². The second-order valence-corrected chi connectivity index (χ2v) is 3.41. The van der Waals surface area contributed by atoms with Crippen molar-refractivity contribution in [1.29, 1.82) is 0 Å². The monoisotopic (exact) mass is 210 g/mol. The van der Waals surface area contributed by atoms with Gasteiger partial charge in [-0.3, -0.25) is 5.10 Å². The van der Waals surface area contributed by atoms with Crippen LogP contribution in [0.2, 0.25) is 5.02 Å². The fraction of sp³-hybridized carbons (Fsp3) is 0.111. The van der Waals surface area contributed by atoms with Crippen molar-refractivity contribution in [3.63, 3.8) is 0 Å². The lowest BCUT2D eigenvalue weighted by atomic mass is 10.1. The van der Waals surface area contributed by atoms with Crippen molar-refractivity contribution in [1.82, 2.24) is 10.2 Å². The van der Waals surface area contributed by atoms with Gasteiger partial charge in [0, 0.05) is 11.1 Å². The average molecular weight is 211 g/mol. The zero-order valence-corrected chi connectivity index (χ0v) is 8.09. The molecule has 72 valence electrons. The summed E-state index contributed by atoms with van der Waals surface area (Å²) in [6, 6.07) is 3.07. The summed E-state index contributed by atoms with van der Waals surface area (Å²) >= 11 is 5.77. The Morgan fingerprint density at radius 1 is 1.57 bits per heavy atom. The number of benzene rings is 1. The minimum absolute atomic E-state index is 0.101. The van der Waals surface area contributed by atoms with Crippen molar-refractivity contribution < 1.29 is 9.90 Å². The molecule has 4 nitrogen and oxygen atoms in total. The summed E-state index contributed by atoms with van der Waals surface area (Å²) in [5.74, 6) is -1.03. The van der Waals surface area contributed by atoms with Gasteiger partial charge < -0.3 is 5.11 Å².